The first-order chi connectivity index (χ1) is 18.9. The first-order valence-electron chi connectivity index (χ1n) is 12.8. The number of hydrogen-bond acceptors (Lipinski definition) is 10. The molecule has 11 nitrogen and oxygen atoms in total. The topological polar surface area (TPSA) is 188 Å². The van der Waals surface area contributed by atoms with Gasteiger partial charge in [0.2, 0.25) is 5.91 Å². The van der Waals surface area contributed by atoms with Crippen LogP contribution >= 0.6 is 0 Å². The third-order valence-electron chi connectivity index (χ3n) is 8.71. The van der Waals surface area contributed by atoms with Crippen molar-refractivity contribution in [3.63, 3.8) is 0 Å². The number of aliphatic hydroxyl groups is 2. The first kappa shape index (κ1) is 26.1. The van der Waals surface area contributed by atoms with E-state index in [1.807, 2.05) is 12.1 Å². The number of para-hydroxylation sites is 1. The van der Waals surface area contributed by atoms with Crippen LogP contribution in [0.4, 0.5) is 0 Å². The van der Waals surface area contributed by atoms with Gasteiger partial charge in [0.15, 0.2) is 34.7 Å². The van der Waals surface area contributed by atoms with Gasteiger partial charge >= 0.3 is 0 Å². The second-order valence-electron chi connectivity index (χ2n) is 11.0. The van der Waals surface area contributed by atoms with Gasteiger partial charge < -0.3 is 25.5 Å². The van der Waals surface area contributed by atoms with E-state index in [1.54, 1.807) is 30.3 Å². The van der Waals surface area contributed by atoms with Crippen molar-refractivity contribution in [2.24, 2.45) is 29.4 Å². The number of phenolic OH excluding ortho intramolecular Hbond substituents is 1. The van der Waals surface area contributed by atoms with E-state index in [0.717, 1.165) is 5.39 Å². The highest BCUT2D eigenvalue weighted by Gasteiger charge is 2.72. The summed E-state index contributed by atoms with van der Waals surface area (Å²) in [5, 5.41) is 35.2. The Hall–Kier alpha value is -4.19. The summed E-state index contributed by atoms with van der Waals surface area (Å²) in [6.07, 6.45) is -1.71. The summed E-state index contributed by atoms with van der Waals surface area (Å²) in [4.78, 5) is 67.8. The van der Waals surface area contributed by atoms with Gasteiger partial charge in [0.05, 0.1) is 35.1 Å². The summed E-state index contributed by atoms with van der Waals surface area (Å²) in [5.41, 5.74) is 3.22. The second kappa shape index (κ2) is 8.65. The van der Waals surface area contributed by atoms with Gasteiger partial charge in [-0.05, 0) is 44.3 Å². The number of ketones is 4. The van der Waals surface area contributed by atoms with E-state index in [-0.39, 0.29) is 23.3 Å². The van der Waals surface area contributed by atoms with Crippen LogP contribution in [0.2, 0.25) is 0 Å². The molecular weight excluding hydrogens is 520 g/mol. The van der Waals surface area contributed by atoms with Crippen molar-refractivity contribution in [1.29, 1.82) is 0 Å². The average Bonchev–Trinajstić information content (AvgIpc) is 3.32. The summed E-state index contributed by atoms with van der Waals surface area (Å²) in [7, 11) is 2.89. The Bertz CT molecular complexity index is 1620. The number of nitrogens with zero attached hydrogens (tertiary/aromatic N) is 1. The number of carbonyl (C=O) groups excluding carboxylic acids is 5. The predicted molar refractivity (Wildman–Crippen MR) is 138 cm³/mol. The molecule has 0 spiro atoms. The van der Waals surface area contributed by atoms with Crippen LogP contribution in [-0.4, -0.2) is 81.1 Å². The highest BCUT2D eigenvalue weighted by atomic mass is 16.3. The number of likely N-dealkylation sites (N-methyl/N-ethyl adjacent to an activating group) is 1. The number of furan rings is 1. The molecule has 0 radical (unpaired) electrons. The number of fused-ring (bicyclic) bond motifs is 4. The van der Waals surface area contributed by atoms with E-state index in [2.05, 4.69) is 0 Å². The number of aliphatic hydroxyl groups excluding tert-OH is 1. The monoisotopic (exact) mass is 546 g/mol. The molecule has 11 heteroatoms. The number of nitrogens with two attached hydrogens (primary N) is 1. The Labute approximate surface area is 227 Å². The lowest BCUT2D eigenvalue weighted by Gasteiger charge is -2.54. The lowest BCUT2D eigenvalue weighted by atomic mass is 9.51. The van der Waals surface area contributed by atoms with E-state index in [1.165, 1.54) is 19.0 Å². The zero-order valence-electron chi connectivity index (χ0n) is 21.5. The summed E-state index contributed by atoms with van der Waals surface area (Å²) >= 11 is 0. The number of aromatic hydroxyl groups is 1. The van der Waals surface area contributed by atoms with Crippen LogP contribution in [0.3, 0.4) is 0 Å². The van der Waals surface area contributed by atoms with Crippen molar-refractivity contribution >= 4 is 40.0 Å². The lowest BCUT2D eigenvalue weighted by Crippen LogP contribution is -2.77. The zero-order chi connectivity index (χ0) is 28.8. The van der Waals surface area contributed by atoms with E-state index >= 15 is 0 Å². The number of carbonyl (C=O) groups is 5. The van der Waals surface area contributed by atoms with Gasteiger partial charge in [-0.3, -0.25) is 28.9 Å². The molecule has 2 fully saturated rings. The molecule has 6 rings (SSSR count). The van der Waals surface area contributed by atoms with Crippen molar-refractivity contribution in [2.75, 3.05) is 14.1 Å². The Morgan fingerprint density at radius 1 is 1.07 bits per heavy atom. The molecule has 2 saturated carbocycles. The third-order valence-corrected chi connectivity index (χ3v) is 8.71. The maximum absolute atomic E-state index is 13.9. The van der Waals surface area contributed by atoms with Gasteiger partial charge in [0.25, 0.3) is 0 Å². The number of primary amides is 1. The van der Waals surface area contributed by atoms with Crippen LogP contribution in [-0.2, 0) is 25.6 Å². The minimum absolute atomic E-state index is 0.0546. The first-order valence-corrected chi connectivity index (χ1v) is 12.8. The highest BCUT2D eigenvalue weighted by Crippen LogP contribution is 2.51. The van der Waals surface area contributed by atoms with E-state index in [0.29, 0.717) is 11.1 Å². The smallest absolute Gasteiger partial charge is 0.235 e. The van der Waals surface area contributed by atoms with E-state index < -0.39 is 76.2 Å². The quantitative estimate of drug-likeness (QED) is 0.332. The fourth-order valence-electron chi connectivity index (χ4n) is 6.90. The number of benzene rings is 2. The molecule has 5 N–H and O–H groups in total. The second-order valence-corrected chi connectivity index (χ2v) is 11.0. The van der Waals surface area contributed by atoms with Crippen molar-refractivity contribution in [3.8, 4) is 17.1 Å². The third kappa shape index (κ3) is 3.25. The van der Waals surface area contributed by atoms with Gasteiger partial charge in [0, 0.05) is 11.3 Å². The molecule has 1 heterocycles. The molecule has 3 aromatic rings. The van der Waals surface area contributed by atoms with Crippen molar-refractivity contribution in [1.82, 2.24) is 4.90 Å². The molecule has 1 amide bonds. The fraction of sp³-hybridized carbons (Fsp3) is 0.345. The Balaban J connectivity index is 1.48. The van der Waals surface area contributed by atoms with Gasteiger partial charge in [-0.2, -0.15) is 0 Å². The van der Waals surface area contributed by atoms with Gasteiger partial charge in [0.1, 0.15) is 17.1 Å². The summed E-state index contributed by atoms with van der Waals surface area (Å²) in [5.74, 6) is -12.6. The Morgan fingerprint density at radius 2 is 1.77 bits per heavy atom. The van der Waals surface area contributed by atoms with Crippen molar-refractivity contribution in [2.45, 2.75) is 24.2 Å². The number of amides is 1. The van der Waals surface area contributed by atoms with Crippen LogP contribution < -0.4 is 5.73 Å². The maximum atomic E-state index is 13.9. The average molecular weight is 547 g/mol. The maximum Gasteiger partial charge on any atom is 0.235 e. The van der Waals surface area contributed by atoms with E-state index in [9.17, 15) is 39.3 Å². The fourth-order valence-corrected chi connectivity index (χ4v) is 6.90. The molecular formula is C29H26N2O9. The summed E-state index contributed by atoms with van der Waals surface area (Å²) in [6, 6.07) is 10.6. The van der Waals surface area contributed by atoms with Crippen LogP contribution in [0.15, 0.2) is 46.9 Å². The normalized spacial score (nSPS) is 31.7. The van der Waals surface area contributed by atoms with Crippen LogP contribution in [0, 0.1) is 23.7 Å². The van der Waals surface area contributed by atoms with Gasteiger partial charge in [-0.1, -0.05) is 24.3 Å². The summed E-state index contributed by atoms with van der Waals surface area (Å²) in [6.45, 7) is 0. The number of Topliss-reactive ketones (excluding diaryl/α,β-unsaturated/α-hetero) is 4. The van der Waals surface area contributed by atoms with Crippen LogP contribution in [0.1, 0.15) is 15.9 Å². The lowest BCUT2D eigenvalue weighted by molar-refractivity contribution is -0.195. The summed E-state index contributed by atoms with van der Waals surface area (Å²) < 4.78 is 5.84. The highest BCUT2D eigenvalue weighted by molar-refractivity contribution is 6.32. The van der Waals surface area contributed by atoms with Gasteiger partial charge in [-0.25, -0.2) is 0 Å². The molecule has 2 aromatic carbocycles. The molecule has 3 aliphatic carbocycles. The predicted octanol–water partition coefficient (Wildman–Crippen LogP) is 0.251. The van der Waals surface area contributed by atoms with Crippen LogP contribution in [0.5, 0.6) is 5.75 Å². The molecule has 0 bridgehead atoms. The molecule has 7 atom stereocenters. The van der Waals surface area contributed by atoms with Crippen molar-refractivity contribution < 1.29 is 43.7 Å². The van der Waals surface area contributed by atoms with E-state index in [4.69, 9.17) is 10.2 Å². The van der Waals surface area contributed by atoms with Crippen molar-refractivity contribution in [3.05, 3.63) is 53.6 Å². The van der Waals surface area contributed by atoms with Crippen LogP contribution in [0.25, 0.3) is 22.3 Å². The SMILES string of the molecule is CN(C)[C@@H]1C(=O)C(C(N)=O)C(=O)[C@@]2(O)C(=O)C3C(=O)c4c(ccc(-c5cc6ccccc6o5)c4O)C[C@H]3[C@H](O)[C@@H]12. The molecule has 206 valence electrons. The molecule has 0 saturated heterocycles. The molecule has 3 aliphatic rings. The number of hydrogen-bond donors (Lipinski definition) is 4. The number of phenols is 1. The minimum Gasteiger partial charge on any atom is -0.506 e. The minimum atomic E-state index is -3.03. The zero-order valence-corrected chi connectivity index (χ0v) is 21.5. The molecule has 1 aromatic heterocycles. The largest absolute Gasteiger partial charge is 0.506 e. The molecule has 2 unspecified atom stereocenters. The molecule has 40 heavy (non-hydrogen) atoms. The Kier molecular flexibility index (Phi) is 5.64. The van der Waals surface area contributed by atoms with Gasteiger partial charge in [-0.15, -0.1) is 0 Å². The molecule has 0 aliphatic heterocycles. The standard InChI is InChI=1S/C29H26N2O9/c1-31(2)21-20-23(33)14-9-12-7-8-13(16-10-11-5-3-4-6-15(11)40-16)22(32)17(12)24(34)18(14)26(36)29(20,39)27(37)19(25(21)35)28(30)38/h3-8,10,14,18-21,23,32-33,39H,9H2,1-2H3,(H2,30,38)/t14-,18?,19?,20-,21+,23+,29+/m1/s1. The number of rotatable bonds is 3. The Morgan fingerprint density at radius 3 is 2.42 bits per heavy atom.